The first kappa shape index (κ1) is 16.5. The highest BCUT2D eigenvalue weighted by atomic mass is 35.5. The van der Waals surface area contributed by atoms with E-state index < -0.39 is 0 Å². The van der Waals surface area contributed by atoms with Gasteiger partial charge in [-0.15, -0.1) is 0 Å². The number of nitrogens with one attached hydrogen (secondary N) is 1. The van der Waals surface area contributed by atoms with Gasteiger partial charge >= 0.3 is 0 Å². The molecule has 6 heteroatoms. The van der Waals surface area contributed by atoms with Crippen molar-refractivity contribution in [3.8, 4) is 22.9 Å². The molecule has 4 nitrogen and oxygen atoms in total. The summed E-state index contributed by atoms with van der Waals surface area (Å²) >= 11 is 12.2. The molecule has 1 aromatic heterocycles. The third-order valence-electron chi connectivity index (χ3n) is 4.26. The van der Waals surface area contributed by atoms with Crippen LogP contribution in [0.15, 0.2) is 52.9 Å². The molecule has 0 aliphatic rings. The molecule has 0 aliphatic heterocycles. The van der Waals surface area contributed by atoms with E-state index in [-0.39, 0.29) is 16.9 Å². The topological polar surface area (TPSA) is 81.0 Å². The molecule has 2 N–H and O–H groups in total. The standard InChI is InChI=1S/C20H10Cl2N2O2/c21-15-7-4-10(8-16(15)22)18-13-6-5-11-12(2-1-3-17(11)25)19(13)26-20(24)14(18)9-23/h1-8,24-25H. The molecule has 0 saturated carbocycles. The zero-order chi connectivity index (χ0) is 18.4. The van der Waals surface area contributed by atoms with E-state index in [2.05, 4.69) is 0 Å². The van der Waals surface area contributed by atoms with Crippen LogP contribution >= 0.6 is 23.2 Å². The Kier molecular flexibility index (Phi) is 3.84. The number of phenolic OH excluding ortho intramolecular Hbond substituents is 1. The maximum atomic E-state index is 10.1. The predicted octanol–water partition coefficient (Wildman–Crippen LogP) is 5.62. The second-order valence-corrected chi connectivity index (χ2v) is 6.55. The number of aromatic hydroxyl groups is 1. The van der Waals surface area contributed by atoms with Crippen molar-refractivity contribution in [3.63, 3.8) is 0 Å². The first-order valence-corrected chi connectivity index (χ1v) is 8.38. The molecular weight excluding hydrogens is 371 g/mol. The summed E-state index contributed by atoms with van der Waals surface area (Å²) < 4.78 is 5.64. The van der Waals surface area contributed by atoms with Crippen molar-refractivity contribution in [3.05, 3.63) is 69.7 Å². The lowest BCUT2D eigenvalue weighted by Gasteiger charge is -2.12. The van der Waals surface area contributed by atoms with Crippen molar-refractivity contribution in [2.45, 2.75) is 0 Å². The van der Waals surface area contributed by atoms with E-state index in [9.17, 15) is 10.4 Å². The van der Waals surface area contributed by atoms with Crippen molar-refractivity contribution in [2.24, 2.45) is 0 Å². The quantitative estimate of drug-likeness (QED) is 0.420. The summed E-state index contributed by atoms with van der Waals surface area (Å²) in [4.78, 5) is 0. The van der Waals surface area contributed by atoms with Gasteiger partial charge in [0.25, 0.3) is 0 Å². The minimum absolute atomic E-state index is 0.107. The van der Waals surface area contributed by atoms with Crippen LogP contribution in [0.4, 0.5) is 0 Å². The number of nitriles is 1. The Morgan fingerprint density at radius 1 is 0.962 bits per heavy atom. The number of phenols is 1. The molecular formula is C20H10Cl2N2O2. The van der Waals surface area contributed by atoms with Crippen LogP contribution in [0.25, 0.3) is 32.9 Å². The van der Waals surface area contributed by atoms with Crippen LogP contribution in [0.3, 0.4) is 0 Å². The van der Waals surface area contributed by atoms with Crippen molar-refractivity contribution in [2.75, 3.05) is 0 Å². The number of halogens is 2. The highest BCUT2D eigenvalue weighted by Crippen LogP contribution is 2.38. The summed E-state index contributed by atoms with van der Waals surface area (Å²) in [5.74, 6) is 0.117. The molecule has 4 rings (SSSR count). The van der Waals surface area contributed by atoms with Crippen LogP contribution < -0.4 is 5.55 Å². The van der Waals surface area contributed by atoms with Gasteiger partial charge < -0.3 is 9.52 Å². The maximum absolute atomic E-state index is 10.1. The van der Waals surface area contributed by atoms with E-state index in [1.165, 1.54) is 0 Å². The Bertz CT molecular complexity index is 1300. The SMILES string of the molecule is N#Cc1c(-c2ccc(Cl)c(Cl)c2)c2ccc3c(O)cccc3c2oc1=N. The highest BCUT2D eigenvalue weighted by Gasteiger charge is 2.17. The lowest BCUT2D eigenvalue weighted by Crippen LogP contribution is -2.07. The first-order chi connectivity index (χ1) is 12.5. The van der Waals surface area contributed by atoms with Crippen LogP contribution in [-0.2, 0) is 0 Å². The van der Waals surface area contributed by atoms with Crippen LogP contribution in [-0.4, -0.2) is 5.11 Å². The largest absolute Gasteiger partial charge is 0.507 e. The van der Waals surface area contributed by atoms with Gasteiger partial charge in [-0.3, -0.25) is 5.41 Å². The van der Waals surface area contributed by atoms with Crippen molar-refractivity contribution in [1.29, 1.82) is 10.7 Å². The van der Waals surface area contributed by atoms with E-state index in [0.717, 1.165) is 0 Å². The van der Waals surface area contributed by atoms with Crippen molar-refractivity contribution >= 4 is 44.9 Å². The number of rotatable bonds is 1. The summed E-state index contributed by atoms with van der Waals surface area (Å²) in [6.45, 7) is 0. The molecule has 0 spiro atoms. The lowest BCUT2D eigenvalue weighted by molar-refractivity contribution is 0.481. The number of nitrogens with zero attached hydrogens (tertiary/aromatic N) is 1. The molecule has 3 aromatic carbocycles. The van der Waals surface area contributed by atoms with Crippen LogP contribution in [0.1, 0.15) is 5.56 Å². The molecule has 0 saturated heterocycles. The molecule has 0 bridgehead atoms. The maximum Gasteiger partial charge on any atom is 0.230 e. The Morgan fingerprint density at radius 2 is 1.73 bits per heavy atom. The van der Waals surface area contributed by atoms with Crippen LogP contribution in [0, 0.1) is 16.7 Å². The average Bonchev–Trinajstić information content (AvgIpc) is 2.63. The normalized spacial score (nSPS) is 11.0. The van der Waals surface area contributed by atoms with Crippen molar-refractivity contribution in [1.82, 2.24) is 0 Å². The Balaban J connectivity index is 2.22. The van der Waals surface area contributed by atoms with Crippen molar-refractivity contribution < 1.29 is 9.52 Å². The molecule has 0 amide bonds. The third-order valence-corrected chi connectivity index (χ3v) is 5.00. The Morgan fingerprint density at radius 3 is 2.46 bits per heavy atom. The summed E-state index contributed by atoms with van der Waals surface area (Å²) in [6, 6.07) is 15.7. The molecule has 26 heavy (non-hydrogen) atoms. The Hall–Kier alpha value is -3.00. The van der Waals surface area contributed by atoms with E-state index in [0.29, 0.717) is 42.9 Å². The van der Waals surface area contributed by atoms with Gasteiger partial charge in [0.05, 0.1) is 10.0 Å². The summed E-state index contributed by atoms with van der Waals surface area (Å²) in [7, 11) is 0. The molecule has 0 fully saturated rings. The molecule has 0 atom stereocenters. The van der Waals surface area contributed by atoms with Gasteiger partial charge in [0.15, 0.2) is 0 Å². The zero-order valence-electron chi connectivity index (χ0n) is 13.2. The number of hydrogen-bond acceptors (Lipinski definition) is 4. The van der Waals surface area contributed by atoms with Gasteiger partial charge in [-0.25, -0.2) is 0 Å². The predicted molar refractivity (Wildman–Crippen MR) is 101 cm³/mol. The van der Waals surface area contributed by atoms with E-state index in [4.69, 9.17) is 33.0 Å². The zero-order valence-corrected chi connectivity index (χ0v) is 14.7. The van der Waals surface area contributed by atoms with Crippen LogP contribution in [0.5, 0.6) is 5.75 Å². The number of fused-ring (bicyclic) bond motifs is 3. The minimum atomic E-state index is -0.253. The second kappa shape index (κ2) is 6.06. The molecule has 1 heterocycles. The minimum Gasteiger partial charge on any atom is -0.507 e. The number of benzene rings is 3. The molecule has 0 unspecified atom stereocenters. The second-order valence-electron chi connectivity index (χ2n) is 5.74. The first-order valence-electron chi connectivity index (χ1n) is 7.63. The number of hydrogen-bond donors (Lipinski definition) is 2. The average molecular weight is 381 g/mol. The lowest BCUT2D eigenvalue weighted by atomic mass is 9.95. The van der Waals surface area contributed by atoms with E-state index >= 15 is 0 Å². The smallest absolute Gasteiger partial charge is 0.230 e. The highest BCUT2D eigenvalue weighted by molar-refractivity contribution is 6.42. The van der Waals surface area contributed by atoms with E-state index in [1.54, 1.807) is 48.5 Å². The monoisotopic (exact) mass is 380 g/mol. The van der Waals surface area contributed by atoms with Gasteiger partial charge in [0.2, 0.25) is 5.55 Å². The fraction of sp³-hybridized carbons (Fsp3) is 0. The molecule has 4 aromatic rings. The summed E-state index contributed by atoms with van der Waals surface area (Å²) in [5.41, 5.74) is 1.48. The summed E-state index contributed by atoms with van der Waals surface area (Å²) in [5, 5.41) is 30.5. The van der Waals surface area contributed by atoms with Gasteiger partial charge in [0, 0.05) is 21.7 Å². The molecule has 0 radical (unpaired) electrons. The van der Waals surface area contributed by atoms with E-state index in [1.807, 2.05) is 6.07 Å². The molecule has 126 valence electrons. The fourth-order valence-corrected chi connectivity index (χ4v) is 3.38. The van der Waals surface area contributed by atoms with Gasteiger partial charge in [-0.1, -0.05) is 41.4 Å². The Labute approximate surface area is 158 Å². The fourth-order valence-electron chi connectivity index (χ4n) is 3.08. The van der Waals surface area contributed by atoms with Gasteiger partial charge in [-0.05, 0) is 35.9 Å². The third kappa shape index (κ3) is 2.41. The summed E-state index contributed by atoms with van der Waals surface area (Å²) in [6.07, 6.45) is 0. The van der Waals surface area contributed by atoms with Gasteiger partial charge in [-0.2, -0.15) is 5.26 Å². The van der Waals surface area contributed by atoms with Crippen LogP contribution in [0.2, 0.25) is 10.0 Å². The van der Waals surface area contributed by atoms with Gasteiger partial charge in [0.1, 0.15) is 23.0 Å². The molecule has 0 aliphatic carbocycles.